The molecule has 196 valence electrons. The molecule has 0 saturated carbocycles. The number of aliphatic carboxylic acids is 1. The average molecular weight is 510 g/mol. The van der Waals surface area contributed by atoms with Gasteiger partial charge < -0.3 is 25.0 Å². The fraction of sp³-hybridized carbons (Fsp3) is 0.385. The molecule has 4 rings (SSSR count). The normalized spacial score (nSPS) is 20.9. The van der Waals surface area contributed by atoms with Crippen LogP contribution in [0, 0.1) is 0 Å². The monoisotopic (exact) mass is 509 g/mol. The summed E-state index contributed by atoms with van der Waals surface area (Å²) in [5, 5.41) is 15.3. The van der Waals surface area contributed by atoms with E-state index in [0.29, 0.717) is 5.75 Å². The van der Waals surface area contributed by atoms with Crippen LogP contribution in [-0.4, -0.2) is 88.2 Å². The van der Waals surface area contributed by atoms with Gasteiger partial charge in [-0.1, -0.05) is 42.5 Å². The number of carbonyl (C=O) groups excluding carboxylic acids is 3. The molecule has 0 spiro atoms. The molecule has 2 aromatic rings. The lowest BCUT2D eigenvalue weighted by Gasteiger charge is -2.55. The van der Waals surface area contributed by atoms with Crippen molar-refractivity contribution in [3.8, 4) is 5.75 Å². The molecule has 1 unspecified atom stereocenters. The SMILES string of the molecule is COc1ccc(CNC(=O)N2[C@H]3CN(C(C)c4ccccc4)C(=O)[C@H](CC(=O)O)N3C(=O)CN2C)cc1. The Kier molecular flexibility index (Phi) is 7.63. The van der Waals surface area contributed by atoms with Gasteiger partial charge in [-0.3, -0.25) is 14.4 Å². The smallest absolute Gasteiger partial charge is 0.334 e. The fourth-order valence-electron chi connectivity index (χ4n) is 4.89. The summed E-state index contributed by atoms with van der Waals surface area (Å²) < 4.78 is 5.17. The molecule has 2 heterocycles. The number of ether oxygens (including phenoxy) is 1. The Balaban J connectivity index is 1.62. The minimum atomic E-state index is -1.22. The molecule has 2 saturated heterocycles. The van der Waals surface area contributed by atoms with E-state index in [1.165, 1.54) is 14.9 Å². The van der Waals surface area contributed by atoms with Crippen LogP contribution in [0.3, 0.4) is 0 Å². The number of nitrogens with one attached hydrogen (secondary N) is 1. The van der Waals surface area contributed by atoms with Crippen molar-refractivity contribution >= 4 is 23.8 Å². The number of carboxylic acid groups (broad SMARTS) is 1. The van der Waals surface area contributed by atoms with E-state index in [4.69, 9.17) is 4.74 Å². The Bertz CT molecular complexity index is 1160. The standard InChI is InChI=1S/C26H31N5O6/c1-17(19-7-5-4-6-8-19)29-15-22-30(21(25(29)35)13-24(33)34)23(32)16-28(2)31(22)26(36)27-14-18-9-11-20(37-3)12-10-18/h4-12,17,21-22H,13-16H2,1-3H3,(H,27,36)(H,33,34)/t17?,21-,22-/m0/s1. The highest BCUT2D eigenvalue weighted by molar-refractivity contribution is 5.93. The van der Waals surface area contributed by atoms with Gasteiger partial charge >= 0.3 is 12.0 Å². The molecule has 11 heteroatoms. The van der Waals surface area contributed by atoms with Crippen molar-refractivity contribution in [2.45, 2.75) is 38.1 Å². The highest BCUT2D eigenvalue weighted by atomic mass is 16.5. The summed E-state index contributed by atoms with van der Waals surface area (Å²) in [4.78, 5) is 54.5. The largest absolute Gasteiger partial charge is 0.497 e. The van der Waals surface area contributed by atoms with Gasteiger partial charge in [-0.25, -0.2) is 14.8 Å². The first-order chi connectivity index (χ1) is 17.7. The number of amides is 4. The van der Waals surface area contributed by atoms with Crippen LogP contribution in [0.4, 0.5) is 4.79 Å². The third-order valence-corrected chi connectivity index (χ3v) is 6.82. The van der Waals surface area contributed by atoms with Crippen LogP contribution in [0.15, 0.2) is 54.6 Å². The number of benzene rings is 2. The van der Waals surface area contributed by atoms with Gasteiger partial charge in [0.05, 0.1) is 32.7 Å². The van der Waals surface area contributed by atoms with Crippen molar-refractivity contribution in [3.05, 3.63) is 65.7 Å². The number of hydrogen-bond acceptors (Lipinski definition) is 6. The zero-order valence-electron chi connectivity index (χ0n) is 21.0. The molecular weight excluding hydrogens is 478 g/mol. The maximum absolute atomic E-state index is 13.5. The lowest BCUT2D eigenvalue weighted by Crippen LogP contribution is -2.76. The second-order valence-electron chi connectivity index (χ2n) is 9.14. The number of piperazine rings is 1. The summed E-state index contributed by atoms with van der Waals surface area (Å²) in [6.45, 7) is 1.96. The van der Waals surface area contributed by atoms with E-state index in [0.717, 1.165) is 11.1 Å². The molecule has 4 amide bonds. The van der Waals surface area contributed by atoms with E-state index in [2.05, 4.69) is 5.32 Å². The maximum Gasteiger partial charge on any atom is 0.334 e. The van der Waals surface area contributed by atoms with Crippen molar-refractivity contribution < 1.29 is 29.0 Å². The van der Waals surface area contributed by atoms with Crippen LogP contribution in [0.5, 0.6) is 5.75 Å². The molecule has 2 N–H and O–H groups in total. The molecule has 3 atom stereocenters. The number of fused-ring (bicyclic) bond motifs is 1. The van der Waals surface area contributed by atoms with Crippen LogP contribution in [0.25, 0.3) is 0 Å². The quantitative estimate of drug-likeness (QED) is 0.582. The average Bonchev–Trinajstić information content (AvgIpc) is 2.88. The van der Waals surface area contributed by atoms with Crippen LogP contribution >= 0.6 is 0 Å². The Labute approximate surface area is 215 Å². The number of carboxylic acids is 1. The van der Waals surface area contributed by atoms with E-state index in [1.54, 1.807) is 31.2 Å². The fourth-order valence-corrected chi connectivity index (χ4v) is 4.89. The first-order valence-electron chi connectivity index (χ1n) is 12.0. The second kappa shape index (κ2) is 10.9. The van der Waals surface area contributed by atoms with Gasteiger partial charge in [0.2, 0.25) is 11.8 Å². The molecule has 2 fully saturated rings. The van der Waals surface area contributed by atoms with E-state index >= 15 is 0 Å². The number of hydrogen-bond donors (Lipinski definition) is 2. The molecular formula is C26H31N5O6. The van der Waals surface area contributed by atoms with Gasteiger partial charge in [0.1, 0.15) is 18.0 Å². The van der Waals surface area contributed by atoms with Crippen LogP contribution in [-0.2, 0) is 20.9 Å². The topological polar surface area (TPSA) is 123 Å². The predicted octanol–water partition coefficient (Wildman–Crippen LogP) is 1.67. The number of nitrogens with zero attached hydrogens (tertiary/aromatic N) is 4. The molecule has 37 heavy (non-hydrogen) atoms. The van der Waals surface area contributed by atoms with E-state index < -0.39 is 48.5 Å². The zero-order valence-corrected chi connectivity index (χ0v) is 21.0. The van der Waals surface area contributed by atoms with Crippen molar-refractivity contribution in [2.75, 3.05) is 27.2 Å². The molecule has 2 aromatic carbocycles. The van der Waals surface area contributed by atoms with Gasteiger partial charge in [0.25, 0.3) is 0 Å². The third kappa shape index (κ3) is 5.36. The lowest BCUT2D eigenvalue weighted by molar-refractivity contribution is -0.190. The number of hydrazine groups is 1. The van der Waals surface area contributed by atoms with Crippen molar-refractivity contribution in [1.82, 2.24) is 25.1 Å². The Morgan fingerprint density at radius 1 is 1.11 bits per heavy atom. The first kappa shape index (κ1) is 26.0. The Morgan fingerprint density at radius 2 is 1.78 bits per heavy atom. The van der Waals surface area contributed by atoms with E-state index in [-0.39, 0.29) is 19.6 Å². The minimum absolute atomic E-state index is 0.0387. The highest BCUT2D eigenvalue weighted by Crippen LogP contribution is 2.32. The molecule has 0 aromatic heterocycles. The van der Waals surface area contributed by atoms with Gasteiger partial charge in [-0.05, 0) is 30.2 Å². The highest BCUT2D eigenvalue weighted by Gasteiger charge is 2.52. The number of rotatable bonds is 7. The van der Waals surface area contributed by atoms with Gasteiger partial charge in [-0.2, -0.15) is 0 Å². The van der Waals surface area contributed by atoms with Crippen molar-refractivity contribution in [3.63, 3.8) is 0 Å². The molecule has 11 nitrogen and oxygen atoms in total. The summed E-state index contributed by atoms with van der Waals surface area (Å²) in [6, 6.07) is 14.5. The van der Waals surface area contributed by atoms with E-state index in [1.807, 2.05) is 49.4 Å². The lowest BCUT2D eigenvalue weighted by atomic mass is 9.99. The number of urea groups is 1. The summed E-state index contributed by atoms with van der Waals surface area (Å²) in [7, 11) is 3.19. The number of methoxy groups -OCH3 is 1. The van der Waals surface area contributed by atoms with Crippen molar-refractivity contribution in [1.29, 1.82) is 0 Å². The maximum atomic E-state index is 13.5. The van der Waals surface area contributed by atoms with Gasteiger partial charge in [-0.15, -0.1) is 0 Å². The summed E-state index contributed by atoms with van der Waals surface area (Å²) >= 11 is 0. The predicted molar refractivity (Wildman–Crippen MR) is 133 cm³/mol. The summed E-state index contributed by atoms with van der Waals surface area (Å²) in [5.74, 6) is -1.36. The van der Waals surface area contributed by atoms with Crippen molar-refractivity contribution in [2.24, 2.45) is 0 Å². The molecule has 0 radical (unpaired) electrons. The molecule has 0 aliphatic carbocycles. The van der Waals surface area contributed by atoms with Crippen LogP contribution < -0.4 is 10.1 Å². The number of likely N-dealkylation sites (N-methyl/N-ethyl adjacent to an activating group) is 1. The van der Waals surface area contributed by atoms with Crippen LogP contribution in [0.1, 0.15) is 30.5 Å². The second-order valence-corrected chi connectivity index (χ2v) is 9.14. The molecule has 2 aliphatic heterocycles. The Morgan fingerprint density at radius 3 is 2.41 bits per heavy atom. The zero-order chi connectivity index (χ0) is 26.7. The molecule has 2 aliphatic rings. The minimum Gasteiger partial charge on any atom is -0.497 e. The Hall–Kier alpha value is -4.12. The summed E-state index contributed by atoms with van der Waals surface area (Å²) in [6.07, 6.45) is -1.42. The first-order valence-corrected chi connectivity index (χ1v) is 12.0. The summed E-state index contributed by atoms with van der Waals surface area (Å²) in [5.41, 5.74) is 1.72. The van der Waals surface area contributed by atoms with Crippen LogP contribution in [0.2, 0.25) is 0 Å². The molecule has 0 bridgehead atoms. The van der Waals surface area contributed by atoms with Gasteiger partial charge in [0, 0.05) is 13.6 Å². The van der Waals surface area contributed by atoms with Gasteiger partial charge in [0.15, 0.2) is 0 Å². The number of carbonyl (C=O) groups is 4. The van der Waals surface area contributed by atoms with E-state index in [9.17, 15) is 24.3 Å². The third-order valence-electron chi connectivity index (χ3n) is 6.82.